The summed E-state index contributed by atoms with van der Waals surface area (Å²) in [5.74, 6) is -0.328. The fourth-order valence-electron chi connectivity index (χ4n) is 1.54. The maximum Gasteiger partial charge on any atom is 0.419 e. The van der Waals surface area contributed by atoms with Gasteiger partial charge in [-0.15, -0.1) is 0 Å². The van der Waals surface area contributed by atoms with Gasteiger partial charge in [-0.2, -0.15) is 13.2 Å². The summed E-state index contributed by atoms with van der Waals surface area (Å²) in [6.45, 7) is 1.91. The van der Waals surface area contributed by atoms with Crippen molar-refractivity contribution in [2.24, 2.45) is 5.73 Å². The summed E-state index contributed by atoms with van der Waals surface area (Å²) < 4.78 is 48.6. The normalized spacial score (nSPS) is 13.3. The maximum atomic E-state index is 12.9. The van der Waals surface area contributed by atoms with Gasteiger partial charge >= 0.3 is 6.18 Å². The third kappa shape index (κ3) is 4.99. The third-order valence-electron chi connectivity index (χ3n) is 2.53. The van der Waals surface area contributed by atoms with Crippen LogP contribution in [0.15, 0.2) is 18.2 Å². The van der Waals surface area contributed by atoms with Crippen molar-refractivity contribution in [2.45, 2.75) is 25.7 Å². The van der Waals surface area contributed by atoms with Crippen LogP contribution >= 0.6 is 0 Å². The highest BCUT2D eigenvalue weighted by Gasteiger charge is 2.34. The molecule has 1 atom stereocenters. The topological polar surface area (TPSA) is 64.7 Å². The Morgan fingerprint density at radius 1 is 1.30 bits per heavy atom. The summed E-state index contributed by atoms with van der Waals surface area (Å²) in [5, 5.41) is 9.48. The molecule has 0 spiro atoms. The zero-order valence-corrected chi connectivity index (χ0v) is 11.1. The van der Waals surface area contributed by atoms with E-state index in [1.54, 1.807) is 6.92 Å². The van der Waals surface area contributed by atoms with Crippen molar-refractivity contribution in [1.82, 2.24) is 0 Å². The van der Waals surface area contributed by atoms with Gasteiger partial charge in [-0.05, 0) is 24.6 Å². The number of ether oxygens (including phenoxy) is 2. The first kappa shape index (κ1) is 16.7. The van der Waals surface area contributed by atoms with Crippen LogP contribution in [0.1, 0.15) is 18.1 Å². The summed E-state index contributed by atoms with van der Waals surface area (Å²) in [7, 11) is 0. The molecule has 0 amide bonds. The number of nitrogens with two attached hydrogens (primary N) is 1. The van der Waals surface area contributed by atoms with E-state index >= 15 is 0 Å². The number of alkyl halides is 3. The molecule has 0 aliphatic rings. The number of aliphatic hydroxyl groups excluding tert-OH is 1. The lowest BCUT2D eigenvalue weighted by Gasteiger charge is -2.17. The molecule has 0 aliphatic carbocycles. The van der Waals surface area contributed by atoms with Crippen molar-refractivity contribution in [3.8, 4) is 5.75 Å². The average molecular weight is 293 g/mol. The van der Waals surface area contributed by atoms with Gasteiger partial charge in [-0.3, -0.25) is 0 Å². The molecule has 4 nitrogen and oxygen atoms in total. The first-order chi connectivity index (χ1) is 9.38. The predicted octanol–water partition coefficient (Wildman–Crippen LogP) is 1.94. The number of benzene rings is 1. The molecule has 0 aliphatic heterocycles. The smallest absolute Gasteiger partial charge is 0.419 e. The van der Waals surface area contributed by atoms with Crippen LogP contribution in [0.3, 0.4) is 0 Å². The fraction of sp³-hybridized carbons (Fsp3) is 0.538. The number of rotatable bonds is 7. The van der Waals surface area contributed by atoms with Gasteiger partial charge in [-0.1, -0.05) is 6.07 Å². The van der Waals surface area contributed by atoms with Crippen LogP contribution in [0.25, 0.3) is 0 Å². The molecule has 1 unspecified atom stereocenters. The molecule has 0 saturated carbocycles. The Morgan fingerprint density at radius 2 is 2.00 bits per heavy atom. The average Bonchev–Trinajstić information content (AvgIpc) is 2.41. The van der Waals surface area contributed by atoms with Gasteiger partial charge in [0, 0.05) is 13.2 Å². The van der Waals surface area contributed by atoms with E-state index in [0.717, 1.165) is 6.07 Å². The standard InChI is InChI=1S/C13H18F3NO3/c1-2-19-7-10(18)8-20-12-4-3-9(6-17)5-11(12)13(14,15)16/h3-5,10,18H,2,6-8,17H2,1H3. The molecule has 3 N–H and O–H groups in total. The van der Waals surface area contributed by atoms with Gasteiger partial charge in [-0.25, -0.2) is 0 Å². The largest absolute Gasteiger partial charge is 0.490 e. The predicted molar refractivity (Wildman–Crippen MR) is 67.3 cm³/mol. The zero-order valence-electron chi connectivity index (χ0n) is 11.1. The number of hydrogen-bond acceptors (Lipinski definition) is 4. The first-order valence-electron chi connectivity index (χ1n) is 6.17. The molecule has 0 saturated heterocycles. The van der Waals surface area contributed by atoms with Crippen LogP contribution in [-0.2, 0) is 17.5 Å². The van der Waals surface area contributed by atoms with Crippen LogP contribution in [0, 0.1) is 0 Å². The molecule has 114 valence electrons. The molecule has 1 aromatic carbocycles. The summed E-state index contributed by atoms with van der Waals surface area (Å²) in [6.07, 6.45) is -5.52. The quantitative estimate of drug-likeness (QED) is 0.806. The van der Waals surface area contributed by atoms with Gasteiger partial charge in [0.2, 0.25) is 0 Å². The summed E-state index contributed by atoms with van der Waals surface area (Å²) in [6, 6.07) is 3.61. The molecule has 0 fully saturated rings. The Hall–Kier alpha value is -1.31. The Balaban J connectivity index is 2.79. The highest BCUT2D eigenvalue weighted by molar-refractivity contribution is 5.39. The van der Waals surface area contributed by atoms with Crippen molar-refractivity contribution >= 4 is 0 Å². The number of aliphatic hydroxyl groups is 1. The zero-order chi connectivity index (χ0) is 15.2. The SMILES string of the molecule is CCOCC(O)COc1ccc(CN)cc1C(F)(F)F. The van der Waals surface area contributed by atoms with Crippen molar-refractivity contribution in [2.75, 3.05) is 19.8 Å². The molecular weight excluding hydrogens is 275 g/mol. The third-order valence-corrected chi connectivity index (χ3v) is 2.53. The van der Waals surface area contributed by atoms with Crippen molar-refractivity contribution in [3.05, 3.63) is 29.3 Å². The number of halogens is 3. The minimum absolute atomic E-state index is 0.0102. The summed E-state index contributed by atoms with van der Waals surface area (Å²) >= 11 is 0. The molecule has 1 rings (SSSR count). The molecule has 0 bridgehead atoms. The lowest BCUT2D eigenvalue weighted by Crippen LogP contribution is -2.24. The second-order valence-corrected chi connectivity index (χ2v) is 4.16. The Morgan fingerprint density at radius 3 is 2.55 bits per heavy atom. The van der Waals surface area contributed by atoms with E-state index in [1.165, 1.54) is 12.1 Å². The lowest BCUT2D eigenvalue weighted by molar-refractivity contribution is -0.139. The number of hydrogen-bond donors (Lipinski definition) is 2. The van der Waals surface area contributed by atoms with Crippen molar-refractivity contribution in [1.29, 1.82) is 0 Å². The first-order valence-corrected chi connectivity index (χ1v) is 6.17. The van der Waals surface area contributed by atoms with E-state index in [4.69, 9.17) is 15.2 Å². The highest BCUT2D eigenvalue weighted by Crippen LogP contribution is 2.36. The summed E-state index contributed by atoms with van der Waals surface area (Å²) in [5.41, 5.74) is 4.79. The van der Waals surface area contributed by atoms with Gasteiger partial charge in [0.15, 0.2) is 0 Å². The van der Waals surface area contributed by atoms with Gasteiger partial charge in [0.1, 0.15) is 18.5 Å². The molecule has 0 heterocycles. The van der Waals surface area contributed by atoms with Gasteiger partial charge in [0.25, 0.3) is 0 Å². The van der Waals surface area contributed by atoms with Crippen LogP contribution in [-0.4, -0.2) is 31.0 Å². The van der Waals surface area contributed by atoms with E-state index in [9.17, 15) is 18.3 Å². The van der Waals surface area contributed by atoms with Crippen molar-refractivity contribution < 1.29 is 27.8 Å². The molecule has 0 radical (unpaired) electrons. The van der Waals surface area contributed by atoms with Crippen LogP contribution < -0.4 is 10.5 Å². The summed E-state index contributed by atoms with van der Waals surface area (Å²) in [4.78, 5) is 0. The molecule has 0 aromatic heterocycles. The fourth-order valence-corrected chi connectivity index (χ4v) is 1.54. The van der Waals surface area contributed by atoms with E-state index in [0.29, 0.717) is 12.2 Å². The van der Waals surface area contributed by atoms with E-state index in [-0.39, 0.29) is 25.5 Å². The minimum Gasteiger partial charge on any atom is -0.490 e. The molecule has 1 aromatic rings. The Kier molecular flexibility index (Phi) is 6.25. The van der Waals surface area contributed by atoms with Crippen molar-refractivity contribution in [3.63, 3.8) is 0 Å². The van der Waals surface area contributed by atoms with E-state index in [2.05, 4.69) is 0 Å². The molecular formula is C13H18F3NO3. The molecule has 20 heavy (non-hydrogen) atoms. The van der Waals surface area contributed by atoms with Crippen LogP contribution in [0.4, 0.5) is 13.2 Å². The van der Waals surface area contributed by atoms with E-state index < -0.39 is 17.8 Å². The minimum atomic E-state index is -4.54. The van der Waals surface area contributed by atoms with Gasteiger partial charge in [0.05, 0.1) is 12.2 Å². The van der Waals surface area contributed by atoms with Crippen LogP contribution in [0.2, 0.25) is 0 Å². The highest BCUT2D eigenvalue weighted by atomic mass is 19.4. The lowest BCUT2D eigenvalue weighted by atomic mass is 10.1. The second-order valence-electron chi connectivity index (χ2n) is 4.16. The molecule has 7 heteroatoms. The van der Waals surface area contributed by atoms with E-state index in [1.807, 2.05) is 0 Å². The Labute approximate surface area is 115 Å². The Bertz CT molecular complexity index is 424. The second kappa shape index (κ2) is 7.47. The van der Waals surface area contributed by atoms with Gasteiger partial charge < -0.3 is 20.3 Å². The monoisotopic (exact) mass is 293 g/mol. The maximum absolute atomic E-state index is 12.9. The van der Waals surface area contributed by atoms with Crippen LogP contribution in [0.5, 0.6) is 5.75 Å².